The summed E-state index contributed by atoms with van der Waals surface area (Å²) in [5.74, 6) is -3.28. The summed E-state index contributed by atoms with van der Waals surface area (Å²) in [6.45, 7) is 5.60. The van der Waals surface area contributed by atoms with E-state index >= 15 is 0 Å². The highest BCUT2D eigenvalue weighted by Gasteiger charge is 2.57. The SMILES string of the molecule is C=CCN1C(=O)[C@@](O)([C@H](C(=O)NS(=O)(=O)c2ccc(C)cc2)c2ccccc2)c2ccccc21. The van der Waals surface area contributed by atoms with Gasteiger partial charge >= 0.3 is 0 Å². The number of amides is 2. The van der Waals surface area contributed by atoms with Gasteiger partial charge in [0, 0.05) is 12.1 Å². The average molecular weight is 477 g/mol. The number of rotatable bonds is 7. The lowest BCUT2D eigenvalue weighted by Gasteiger charge is -2.31. The van der Waals surface area contributed by atoms with Crippen LogP contribution in [0.3, 0.4) is 0 Å². The van der Waals surface area contributed by atoms with E-state index in [-0.39, 0.29) is 17.0 Å². The standard InChI is InChI=1S/C26H24N2O5S/c1-3-17-28-22-12-8-7-11-21(22)26(31,25(28)30)23(19-9-5-4-6-10-19)24(29)27-34(32,33)20-15-13-18(2)14-16-20/h3-16,23,31H,1,17H2,2H3,(H,27,29)/t23-,26-/m0/s1. The maximum Gasteiger partial charge on any atom is 0.265 e. The van der Waals surface area contributed by atoms with Crippen molar-refractivity contribution in [1.29, 1.82) is 0 Å². The lowest BCUT2D eigenvalue weighted by molar-refractivity contribution is -0.145. The minimum absolute atomic E-state index is 0.100. The second-order valence-corrected chi connectivity index (χ2v) is 9.80. The topological polar surface area (TPSA) is 104 Å². The summed E-state index contributed by atoms with van der Waals surface area (Å²) < 4.78 is 28.0. The van der Waals surface area contributed by atoms with Crippen LogP contribution >= 0.6 is 0 Å². The maximum atomic E-state index is 13.6. The van der Waals surface area contributed by atoms with Gasteiger partial charge in [0.25, 0.3) is 15.9 Å². The van der Waals surface area contributed by atoms with Crippen molar-refractivity contribution < 1.29 is 23.1 Å². The van der Waals surface area contributed by atoms with Crippen LogP contribution in [0.15, 0.2) is 96.4 Å². The smallest absolute Gasteiger partial charge is 0.265 e. The zero-order valence-corrected chi connectivity index (χ0v) is 19.3. The van der Waals surface area contributed by atoms with Crippen LogP contribution in [-0.2, 0) is 25.2 Å². The molecule has 0 spiro atoms. The third-order valence-electron chi connectivity index (χ3n) is 5.87. The first-order chi connectivity index (χ1) is 16.2. The van der Waals surface area contributed by atoms with Crippen LogP contribution in [0.2, 0.25) is 0 Å². The van der Waals surface area contributed by atoms with Crippen molar-refractivity contribution in [2.75, 3.05) is 11.4 Å². The predicted molar refractivity (Wildman–Crippen MR) is 129 cm³/mol. The molecule has 8 heteroatoms. The van der Waals surface area contributed by atoms with Crippen molar-refractivity contribution in [3.63, 3.8) is 0 Å². The highest BCUT2D eigenvalue weighted by molar-refractivity contribution is 7.90. The van der Waals surface area contributed by atoms with Gasteiger partial charge in [-0.25, -0.2) is 13.1 Å². The molecule has 0 aromatic heterocycles. The average Bonchev–Trinajstić information content (AvgIpc) is 3.02. The number of aryl methyl sites for hydroxylation is 1. The number of carbonyl (C=O) groups excluding carboxylic acids is 2. The summed E-state index contributed by atoms with van der Waals surface area (Å²) >= 11 is 0. The fourth-order valence-corrected chi connectivity index (χ4v) is 5.24. The van der Waals surface area contributed by atoms with Gasteiger partial charge in [-0.3, -0.25) is 9.59 Å². The second kappa shape index (κ2) is 8.89. The molecular weight excluding hydrogens is 452 g/mol. The molecule has 3 aromatic carbocycles. The van der Waals surface area contributed by atoms with Gasteiger partial charge in [0.1, 0.15) is 5.92 Å². The van der Waals surface area contributed by atoms with E-state index in [9.17, 15) is 23.1 Å². The zero-order valence-electron chi connectivity index (χ0n) is 18.5. The molecule has 0 unspecified atom stereocenters. The number of nitrogens with one attached hydrogen (secondary N) is 1. The quantitative estimate of drug-likeness (QED) is 0.510. The molecular formula is C26H24N2O5S. The molecule has 1 heterocycles. The molecule has 0 bridgehead atoms. The largest absolute Gasteiger partial charge is 0.374 e. The zero-order chi connectivity index (χ0) is 24.5. The number of anilines is 1. The van der Waals surface area contributed by atoms with Crippen LogP contribution in [0.1, 0.15) is 22.6 Å². The van der Waals surface area contributed by atoms with E-state index in [2.05, 4.69) is 11.3 Å². The Hall–Kier alpha value is -3.75. The first-order valence-electron chi connectivity index (χ1n) is 10.6. The van der Waals surface area contributed by atoms with E-state index in [0.29, 0.717) is 11.3 Å². The predicted octanol–water partition coefficient (Wildman–Crippen LogP) is 3.00. The second-order valence-electron chi connectivity index (χ2n) is 8.11. The number of sulfonamides is 1. The fraction of sp³-hybridized carbons (Fsp3) is 0.154. The number of hydrogen-bond donors (Lipinski definition) is 2. The molecule has 0 fully saturated rings. The molecule has 1 aliphatic heterocycles. The molecule has 3 aromatic rings. The van der Waals surface area contributed by atoms with Gasteiger partial charge in [0.15, 0.2) is 5.60 Å². The Bertz CT molecular complexity index is 1350. The number of aliphatic hydroxyl groups is 1. The first-order valence-corrected chi connectivity index (χ1v) is 12.1. The molecule has 0 aliphatic carbocycles. The molecule has 0 saturated heterocycles. The van der Waals surface area contributed by atoms with E-state index in [1.807, 2.05) is 6.92 Å². The van der Waals surface area contributed by atoms with Crippen molar-refractivity contribution >= 4 is 27.5 Å². The highest BCUT2D eigenvalue weighted by atomic mass is 32.2. The Morgan fingerprint density at radius 3 is 2.32 bits per heavy atom. The van der Waals surface area contributed by atoms with Crippen LogP contribution in [0.4, 0.5) is 5.69 Å². The third kappa shape index (κ3) is 3.91. The summed E-state index contributed by atoms with van der Waals surface area (Å²) in [5.41, 5.74) is -0.514. The summed E-state index contributed by atoms with van der Waals surface area (Å²) in [6.07, 6.45) is 1.51. The van der Waals surface area contributed by atoms with Crippen LogP contribution in [0.25, 0.3) is 0 Å². The molecule has 0 saturated carbocycles. The van der Waals surface area contributed by atoms with Gasteiger partial charge in [-0.15, -0.1) is 6.58 Å². The molecule has 2 amide bonds. The number of fused-ring (bicyclic) bond motifs is 1. The van der Waals surface area contributed by atoms with Crippen molar-refractivity contribution in [3.8, 4) is 0 Å². The van der Waals surface area contributed by atoms with Crippen molar-refractivity contribution in [1.82, 2.24) is 4.72 Å². The Labute approximate surface area is 198 Å². The molecule has 34 heavy (non-hydrogen) atoms. The van der Waals surface area contributed by atoms with Crippen LogP contribution in [-0.4, -0.2) is 31.9 Å². The van der Waals surface area contributed by atoms with Crippen LogP contribution < -0.4 is 9.62 Å². The summed E-state index contributed by atoms with van der Waals surface area (Å²) in [6, 6.07) is 20.8. The number of benzene rings is 3. The minimum atomic E-state index is -4.26. The van der Waals surface area contributed by atoms with Gasteiger partial charge in [-0.2, -0.15) is 0 Å². The normalized spacial score (nSPS) is 18.3. The first kappa shape index (κ1) is 23.4. The summed E-state index contributed by atoms with van der Waals surface area (Å²) in [7, 11) is -4.26. The molecule has 174 valence electrons. The van der Waals surface area contributed by atoms with Gasteiger partial charge in [0.2, 0.25) is 5.91 Å². The van der Waals surface area contributed by atoms with Crippen molar-refractivity contribution in [2.24, 2.45) is 0 Å². The molecule has 0 radical (unpaired) electrons. The van der Waals surface area contributed by atoms with Gasteiger partial charge in [-0.1, -0.05) is 72.3 Å². The van der Waals surface area contributed by atoms with Crippen LogP contribution in [0, 0.1) is 6.92 Å². The van der Waals surface area contributed by atoms with Gasteiger partial charge < -0.3 is 10.0 Å². The van der Waals surface area contributed by atoms with Crippen molar-refractivity contribution in [3.05, 3.63) is 108 Å². The Morgan fingerprint density at radius 2 is 1.68 bits per heavy atom. The minimum Gasteiger partial charge on any atom is -0.374 e. The lowest BCUT2D eigenvalue weighted by atomic mass is 9.77. The summed E-state index contributed by atoms with van der Waals surface area (Å²) in [4.78, 5) is 28.4. The molecule has 2 atom stereocenters. The van der Waals surface area contributed by atoms with E-state index in [4.69, 9.17) is 0 Å². The molecule has 7 nitrogen and oxygen atoms in total. The van der Waals surface area contributed by atoms with Gasteiger partial charge in [0.05, 0.1) is 10.6 Å². The number of hydrogen-bond acceptors (Lipinski definition) is 5. The molecule has 4 rings (SSSR count). The Balaban J connectivity index is 1.83. The lowest BCUT2D eigenvalue weighted by Crippen LogP contribution is -2.50. The monoisotopic (exact) mass is 476 g/mol. The number of carbonyl (C=O) groups is 2. The fourth-order valence-electron chi connectivity index (χ4n) is 4.25. The summed E-state index contributed by atoms with van der Waals surface area (Å²) in [5, 5.41) is 11.9. The van der Waals surface area contributed by atoms with E-state index in [0.717, 1.165) is 5.56 Å². The molecule has 2 N–H and O–H groups in total. The highest BCUT2D eigenvalue weighted by Crippen LogP contribution is 2.48. The molecule has 1 aliphatic rings. The van der Waals surface area contributed by atoms with Gasteiger partial charge in [-0.05, 0) is 30.7 Å². The number of para-hydroxylation sites is 1. The van der Waals surface area contributed by atoms with Crippen LogP contribution in [0.5, 0.6) is 0 Å². The Kier molecular flexibility index (Phi) is 6.12. The third-order valence-corrected chi connectivity index (χ3v) is 7.23. The Morgan fingerprint density at radius 1 is 1.06 bits per heavy atom. The van der Waals surface area contributed by atoms with E-state index in [1.54, 1.807) is 66.7 Å². The van der Waals surface area contributed by atoms with E-state index < -0.39 is 33.4 Å². The van der Waals surface area contributed by atoms with E-state index in [1.165, 1.54) is 23.1 Å². The maximum absolute atomic E-state index is 13.6. The number of nitrogens with zero attached hydrogens (tertiary/aromatic N) is 1. The van der Waals surface area contributed by atoms with Crippen molar-refractivity contribution in [2.45, 2.75) is 23.3 Å².